The number of nitrogens with zero attached hydrogens (tertiary/aromatic N) is 5. The normalized spacial score (nSPS) is 15.0. The van der Waals surface area contributed by atoms with Crippen molar-refractivity contribution in [3.8, 4) is 0 Å². The zero-order valence-electron chi connectivity index (χ0n) is 15.3. The average Bonchev–Trinajstić information content (AvgIpc) is 3.21. The molecule has 1 aliphatic rings. The van der Waals surface area contributed by atoms with Crippen LogP contribution in [0.1, 0.15) is 16.2 Å². The Kier molecular flexibility index (Phi) is 4.99. The second kappa shape index (κ2) is 7.47. The van der Waals surface area contributed by atoms with Gasteiger partial charge in [0.15, 0.2) is 5.82 Å². The van der Waals surface area contributed by atoms with Crippen molar-refractivity contribution in [3.05, 3.63) is 41.2 Å². The predicted octanol–water partition coefficient (Wildman–Crippen LogP) is 3.22. The van der Waals surface area contributed by atoms with Gasteiger partial charge in [-0.2, -0.15) is 13.2 Å². The number of hydrogen-bond donors (Lipinski definition) is 0. The second-order valence-corrected chi connectivity index (χ2v) is 7.29. The number of fused-ring (bicyclic) bond motifs is 1. The van der Waals surface area contributed by atoms with Gasteiger partial charge in [0.2, 0.25) is 5.82 Å². The molecule has 0 N–H and O–H groups in total. The fourth-order valence-electron chi connectivity index (χ4n) is 3.16. The molecule has 4 rings (SSSR count). The molecule has 1 aliphatic heterocycles. The Morgan fingerprint density at radius 1 is 1.14 bits per heavy atom. The summed E-state index contributed by atoms with van der Waals surface area (Å²) in [5, 5.41) is 1.87. The van der Waals surface area contributed by atoms with Gasteiger partial charge in [-0.1, -0.05) is 0 Å². The number of carbonyl (C=O) groups excluding carboxylic acids is 1. The Hall–Kier alpha value is -2.95. The van der Waals surface area contributed by atoms with Crippen LogP contribution in [0.15, 0.2) is 29.8 Å². The van der Waals surface area contributed by atoms with Crippen LogP contribution in [-0.4, -0.2) is 54.2 Å². The van der Waals surface area contributed by atoms with Gasteiger partial charge in [0.1, 0.15) is 5.82 Å². The highest BCUT2D eigenvalue weighted by atomic mass is 32.1. The molecule has 1 saturated heterocycles. The summed E-state index contributed by atoms with van der Waals surface area (Å²) in [6, 6.07) is 3.83. The zero-order valence-corrected chi connectivity index (χ0v) is 16.1. The van der Waals surface area contributed by atoms with Crippen LogP contribution in [0.3, 0.4) is 0 Å². The van der Waals surface area contributed by atoms with Crippen molar-refractivity contribution in [2.24, 2.45) is 0 Å². The number of piperazine rings is 1. The van der Waals surface area contributed by atoms with Crippen molar-refractivity contribution < 1.29 is 22.7 Å². The van der Waals surface area contributed by atoms with Gasteiger partial charge in [0.05, 0.1) is 22.9 Å². The van der Waals surface area contributed by atoms with E-state index in [9.17, 15) is 18.0 Å². The minimum atomic E-state index is -4.41. The second-order valence-electron chi connectivity index (χ2n) is 6.37. The topological polar surface area (TPSA) is 71.5 Å². The van der Waals surface area contributed by atoms with Gasteiger partial charge in [0.25, 0.3) is 0 Å². The number of ether oxygens (including phenoxy) is 1. The molecule has 0 unspecified atom stereocenters. The number of alkyl halides is 3. The molecule has 0 aromatic carbocycles. The summed E-state index contributed by atoms with van der Waals surface area (Å²) in [6.07, 6.45) is -3.23. The van der Waals surface area contributed by atoms with E-state index in [1.165, 1.54) is 24.6 Å². The van der Waals surface area contributed by atoms with Crippen molar-refractivity contribution in [2.75, 3.05) is 43.1 Å². The van der Waals surface area contributed by atoms with E-state index in [1.54, 1.807) is 11.0 Å². The first-order chi connectivity index (χ1) is 13.9. The van der Waals surface area contributed by atoms with Crippen LogP contribution < -0.4 is 9.80 Å². The number of aromatic nitrogens is 3. The fourth-order valence-corrected chi connectivity index (χ4v) is 4.01. The summed E-state index contributed by atoms with van der Waals surface area (Å²) in [5.41, 5.74) is -0.0638. The lowest BCUT2D eigenvalue weighted by Gasteiger charge is -2.36. The lowest BCUT2D eigenvalue weighted by atomic mass is 10.2. The lowest BCUT2D eigenvalue weighted by Crippen LogP contribution is -2.47. The van der Waals surface area contributed by atoms with Gasteiger partial charge >= 0.3 is 12.1 Å². The number of carbonyl (C=O) groups is 1. The van der Waals surface area contributed by atoms with Gasteiger partial charge in [-0.05, 0) is 23.6 Å². The molecule has 0 amide bonds. The summed E-state index contributed by atoms with van der Waals surface area (Å²) in [6.45, 7) is 1.97. The zero-order chi connectivity index (χ0) is 20.6. The summed E-state index contributed by atoms with van der Waals surface area (Å²) in [4.78, 5) is 28.4. The van der Waals surface area contributed by atoms with Crippen molar-refractivity contribution in [2.45, 2.75) is 6.18 Å². The largest absolute Gasteiger partial charge is 0.463 e. The standard InChI is InChI=1S/C18H16F3N5O2S/c1-28-17(27)15-23-12-3-9-29-14(12)16(24-15)26-7-5-25(6-8-26)13-10-11(2-4-22-13)18(19,20)21/h2-4,9-10H,5-8H2,1H3. The molecule has 0 atom stereocenters. The van der Waals surface area contributed by atoms with Gasteiger partial charge in [-0.25, -0.2) is 19.7 Å². The Balaban J connectivity index is 1.56. The molecule has 7 nitrogen and oxygen atoms in total. The summed E-state index contributed by atoms with van der Waals surface area (Å²) < 4.78 is 44.5. The molecule has 0 bridgehead atoms. The van der Waals surface area contributed by atoms with Gasteiger partial charge < -0.3 is 14.5 Å². The fraction of sp³-hybridized carbons (Fsp3) is 0.333. The maximum atomic E-state index is 13.0. The molecule has 0 spiro atoms. The highest BCUT2D eigenvalue weighted by molar-refractivity contribution is 7.17. The third kappa shape index (κ3) is 3.82. The maximum absolute atomic E-state index is 13.0. The van der Waals surface area contributed by atoms with E-state index in [2.05, 4.69) is 15.0 Å². The number of pyridine rings is 1. The number of anilines is 2. The molecule has 152 valence electrons. The maximum Gasteiger partial charge on any atom is 0.416 e. The van der Waals surface area contributed by atoms with Crippen LogP contribution in [0.4, 0.5) is 24.8 Å². The molecule has 0 saturated carbocycles. The Morgan fingerprint density at radius 3 is 2.55 bits per heavy atom. The molecular weight excluding hydrogens is 407 g/mol. The molecular formula is C18H16F3N5O2S. The third-order valence-electron chi connectivity index (χ3n) is 4.63. The molecule has 4 heterocycles. The molecule has 0 radical (unpaired) electrons. The van der Waals surface area contributed by atoms with Crippen LogP contribution in [0.25, 0.3) is 10.2 Å². The third-order valence-corrected chi connectivity index (χ3v) is 5.53. The molecule has 0 aliphatic carbocycles. The molecule has 11 heteroatoms. The highest BCUT2D eigenvalue weighted by Crippen LogP contribution is 2.32. The van der Waals surface area contributed by atoms with Crippen LogP contribution in [0.5, 0.6) is 0 Å². The highest BCUT2D eigenvalue weighted by Gasteiger charge is 2.32. The van der Waals surface area contributed by atoms with Crippen LogP contribution in [0.2, 0.25) is 0 Å². The quantitative estimate of drug-likeness (QED) is 0.599. The Morgan fingerprint density at radius 2 is 1.86 bits per heavy atom. The van der Waals surface area contributed by atoms with E-state index >= 15 is 0 Å². The summed E-state index contributed by atoms with van der Waals surface area (Å²) in [5.74, 6) is 0.280. The number of halogens is 3. The van der Waals surface area contributed by atoms with Crippen molar-refractivity contribution in [1.82, 2.24) is 15.0 Å². The first-order valence-corrected chi connectivity index (χ1v) is 9.61. The number of esters is 1. The minimum absolute atomic E-state index is 0.0182. The smallest absolute Gasteiger partial charge is 0.416 e. The number of rotatable bonds is 3. The van der Waals surface area contributed by atoms with Crippen LogP contribution in [0, 0.1) is 0 Å². The lowest BCUT2D eigenvalue weighted by molar-refractivity contribution is -0.137. The molecule has 3 aromatic heterocycles. The van der Waals surface area contributed by atoms with E-state index in [4.69, 9.17) is 4.74 Å². The van der Waals surface area contributed by atoms with Gasteiger partial charge in [-0.15, -0.1) is 11.3 Å². The van der Waals surface area contributed by atoms with Crippen molar-refractivity contribution in [1.29, 1.82) is 0 Å². The minimum Gasteiger partial charge on any atom is -0.463 e. The molecule has 29 heavy (non-hydrogen) atoms. The van der Waals surface area contributed by atoms with Gasteiger partial charge in [-0.3, -0.25) is 0 Å². The van der Waals surface area contributed by atoms with E-state index < -0.39 is 17.7 Å². The first-order valence-electron chi connectivity index (χ1n) is 8.73. The summed E-state index contributed by atoms with van der Waals surface area (Å²) >= 11 is 1.47. The van der Waals surface area contributed by atoms with E-state index in [1.807, 2.05) is 10.3 Å². The number of methoxy groups -OCH3 is 1. The van der Waals surface area contributed by atoms with E-state index in [0.717, 1.165) is 16.8 Å². The number of thiophene rings is 1. The predicted molar refractivity (Wildman–Crippen MR) is 102 cm³/mol. The van der Waals surface area contributed by atoms with Crippen molar-refractivity contribution >= 4 is 39.2 Å². The molecule has 3 aromatic rings. The summed E-state index contributed by atoms with van der Waals surface area (Å²) in [7, 11) is 1.27. The Bertz CT molecular complexity index is 1050. The average molecular weight is 423 g/mol. The number of hydrogen-bond acceptors (Lipinski definition) is 8. The van der Waals surface area contributed by atoms with Crippen LogP contribution in [-0.2, 0) is 10.9 Å². The van der Waals surface area contributed by atoms with E-state index in [-0.39, 0.29) is 5.82 Å². The molecule has 1 fully saturated rings. The first kappa shape index (κ1) is 19.4. The van der Waals surface area contributed by atoms with Gasteiger partial charge in [0, 0.05) is 32.4 Å². The van der Waals surface area contributed by atoms with Crippen molar-refractivity contribution in [3.63, 3.8) is 0 Å². The monoisotopic (exact) mass is 423 g/mol. The SMILES string of the molecule is COC(=O)c1nc(N2CCN(c3cc(C(F)(F)F)ccn3)CC2)c2sccc2n1. The van der Waals surface area contributed by atoms with E-state index in [0.29, 0.717) is 43.3 Å². The Labute approximate surface area is 167 Å². The van der Waals surface area contributed by atoms with Crippen LogP contribution >= 0.6 is 11.3 Å².